The van der Waals surface area contributed by atoms with E-state index in [1.165, 1.54) is 77.0 Å². The second kappa shape index (κ2) is 16.4. The van der Waals surface area contributed by atoms with E-state index in [0.717, 1.165) is 12.8 Å². The molecular weight excluding hydrogens is 392 g/mol. The van der Waals surface area contributed by atoms with Crippen LogP contribution in [0.4, 0.5) is 0 Å². The number of carbonyl (C=O) groups excluding carboxylic acids is 2. The number of carbonyl (C=O) groups is 2. The maximum absolute atomic E-state index is 12.5. The van der Waals surface area contributed by atoms with E-state index in [4.69, 9.17) is 0 Å². The minimum atomic E-state index is -0.00317. The van der Waals surface area contributed by atoms with Crippen molar-refractivity contribution in [1.82, 2.24) is 0 Å². The standard InChI is InChI=1S/C30H42O2/c1-2-3-4-5-6-7-8-9-10-11-12-13-14-18-21-29(31)26-22-24-28(25-23-26)30(32)27-19-16-15-17-20-27/h15-17,19-20,22-25H,2-14,18,21H2,1H3. The summed E-state index contributed by atoms with van der Waals surface area (Å²) in [5.41, 5.74) is 2.02. The van der Waals surface area contributed by atoms with Crippen molar-refractivity contribution in [2.75, 3.05) is 0 Å². The number of hydrogen-bond acceptors (Lipinski definition) is 2. The van der Waals surface area contributed by atoms with Gasteiger partial charge < -0.3 is 0 Å². The van der Waals surface area contributed by atoms with Gasteiger partial charge in [0.1, 0.15) is 0 Å². The van der Waals surface area contributed by atoms with Gasteiger partial charge in [0, 0.05) is 23.1 Å². The summed E-state index contributed by atoms with van der Waals surface area (Å²) in [5.74, 6) is 0.180. The SMILES string of the molecule is CCCCCCCCCCCCCCCCC(=O)c1ccc(C(=O)c2ccccc2)cc1. The van der Waals surface area contributed by atoms with Crippen molar-refractivity contribution >= 4 is 11.6 Å². The third kappa shape index (κ3) is 10.4. The molecule has 2 nitrogen and oxygen atoms in total. The van der Waals surface area contributed by atoms with Gasteiger partial charge >= 0.3 is 0 Å². The highest BCUT2D eigenvalue weighted by Gasteiger charge is 2.10. The zero-order chi connectivity index (χ0) is 22.9. The van der Waals surface area contributed by atoms with Gasteiger partial charge in [-0.1, -0.05) is 145 Å². The van der Waals surface area contributed by atoms with Crippen molar-refractivity contribution in [2.24, 2.45) is 0 Å². The average molecular weight is 435 g/mol. The van der Waals surface area contributed by atoms with Gasteiger partial charge in [-0.25, -0.2) is 0 Å². The third-order valence-electron chi connectivity index (χ3n) is 6.26. The van der Waals surface area contributed by atoms with Crippen LogP contribution in [0, 0.1) is 0 Å². The molecule has 0 heterocycles. The van der Waals surface area contributed by atoms with Gasteiger partial charge in [-0.05, 0) is 6.42 Å². The lowest BCUT2D eigenvalue weighted by molar-refractivity contribution is 0.0977. The van der Waals surface area contributed by atoms with E-state index in [1.807, 2.05) is 30.3 Å². The van der Waals surface area contributed by atoms with Gasteiger partial charge in [0.15, 0.2) is 11.6 Å². The third-order valence-corrected chi connectivity index (χ3v) is 6.26. The largest absolute Gasteiger partial charge is 0.294 e. The fourth-order valence-corrected chi connectivity index (χ4v) is 4.19. The molecule has 2 rings (SSSR count). The van der Waals surface area contributed by atoms with Crippen LogP contribution in [0.2, 0.25) is 0 Å². The predicted molar refractivity (Wildman–Crippen MR) is 136 cm³/mol. The first-order chi connectivity index (χ1) is 15.7. The van der Waals surface area contributed by atoms with Crippen molar-refractivity contribution in [2.45, 2.75) is 103 Å². The lowest BCUT2D eigenvalue weighted by atomic mass is 9.99. The zero-order valence-corrected chi connectivity index (χ0v) is 20.1. The fraction of sp³-hybridized carbons (Fsp3) is 0.533. The molecule has 0 radical (unpaired) electrons. The molecule has 0 saturated carbocycles. The van der Waals surface area contributed by atoms with Gasteiger partial charge in [0.2, 0.25) is 0 Å². The van der Waals surface area contributed by atoms with Crippen LogP contribution in [0.25, 0.3) is 0 Å². The Morgan fingerprint density at radius 3 is 1.41 bits per heavy atom. The van der Waals surface area contributed by atoms with E-state index in [9.17, 15) is 9.59 Å². The molecule has 0 atom stereocenters. The molecule has 0 aliphatic heterocycles. The van der Waals surface area contributed by atoms with Crippen LogP contribution >= 0.6 is 0 Å². The van der Waals surface area contributed by atoms with Crippen molar-refractivity contribution in [3.63, 3.8) is 0 Å². The summed E-state index contributed by atoms with van der Waals surface area (Å²) in [6.45, 7) is 2.27. The van der Waals surface area contributed by atoms with Crippen molar-refractivity contribution in [1.29, 1.82) is 0 Å². The Morgan fingerprint density at radius 2 is 0.906 bits per heavy atom. The lowest BCUT2D eigenvalue weighted by Gasteiger charge is -2.05. The van der Waals surface area contributed by atoms with Crippen LogP contribution in [0.5, 0.6) is 0 Å². The van der Waals surface area contributed by atoms with E-state index < -0.39 is 0 Å². The maximum atomic E-state index is 12.5. The molecule has 2 heteroatoms. The van der Waals surface area contributed by atoms with E-state index in [0.29, 0.717) is 23.1 Å². The first kappa shape index (κ1) is 26.0. The molecule has 0 unspecified atom stereocenters. The molecule has 0 fully saturated rings. The minimum absolute atomic E-state index is 0.00317. The van der Waals surface area contributed by atoms with Crippen LogP contribution in [0.3, 0.4) is 0 Å². The predicted octanol–water partition coefficient (Wildman–Crippen LogP) is 8.97. The van der Waals surface area contributed by atoms with Gasteiger partial charge in [-0.15, -0.1) is 0 Å². The summed E-state index contributed by atoms with van der Waals surface area (Å²) in [6, 6.07) is 16.4. The molecule has 2 aromatic carbocycles. The Labute approximate surface area is 195 Å². The molecule has 0 aliphatic carbocycles. The molecule has 2 aromatic rings. The lowest BCUT2D eigenvalue weighted by Crippen LogP contribution is -2.03. The van der Waals surface area contributed by atoms with Crippen LogP contribution in [-0.4, -0.2) is 11.6 Å². The van der Waals surface area contributed by atoms with E-state index >= 15 is 0 Å². The number of rotatable bonds is 18. The van der Waals surface area contributed by atoms with Crippen LogP contribution in [0.1, 0.15) is 130 Å². The highest BCUT2D eigenvalue weighted by atomic mass is 16.1. The topological polar surface area (TPSA) is 34.1 Å². The van der Waals surface area contributed by atoms with Gasteiger partial charge in [-0.3, -0.25) is 9.59 Å². The molecule has 0 aromatic heterocycles. The number of hydrogen-bond donors (Lipinski definition) is 0. The molecule has 0 N–H and O–H groups in total. The smallest absolute Gasteiger partial charge is 0.193 e. The van der Waals surface area contributed by atoms with Gasteiger partial charge in [0.25, 0.3) is 0 Å². The second-order valence-electron chi connectivity index (χ2n) is 9.04. The quantitative estimate of drug-likeness (QED) is 0.173. The molecular formula is C30H42O2. The summed E-state index contributed by atoms with van der Waals surface area (Å²) in [5, 5.41) is 0. The summed E-state index contributed by atoms with van der Waals surface area (Å²) >= 11 is 0. The molecule has 0 amide bonds. The molecule has 0 spiro atoms. The second-order valence-corrected chi connectivity index (χ2v) is 9.04. The summed E-state index contributed by atoms with van der Waals surface area (Å²) in [4.78, 5) is 24.9. The highest BCUT2D eigenvalue weighted by Crippen LogP contribution is 2.16. The van der Waals surface area contributed by atoms with Gasteiger partial charge in [-0.2, -0.15) is 0 Å². The monoisotopic (exact) mass is 434 g/mol. The van der Waals surface area contributed by atoms with Crippen LogP contribution in [-0.2, 0) is 0 Å². The van der Waals surface area contributed by atoms with E-state index in [2.05, 4.69) is 6.92 Å². The van der Waals surface area contributed by atoms with Crippen LogP contribution < -0.4 is 0 Å². The Morgan fingerprint density at radius 1 is 0.500 bits per heavy atom. The summed E-state index contributed by atoms with van der Waals surface area (Å²) in [7, 11) is 0. The van der Waals surface area contributed by atoms with Gasteiger partial charge in [0.05, 0.1) is 0 Å². The number of benzene rings is 2. The van der Waals surface area contributed by atoms with E-state index in [-0.39, 0.29) is 11.6 Å². The highest BCUT2D eigenvalue weighted by molar-refractivity contribution is 6.09. The maximum Gasteiger partial charge on any atom is 0.193 e. The number of Topliss-reactive ketones (excluding diaryl/α,β-unsaturated/α-hetero) is 1. The van der Waals surface area contributed by atoms with Crippen molar-refractivity contribution in [3.8, 4) is 0 Å². The Hall–Kier alpha value is -2.22. The Bertz CT molecular complexity index is 761. The summed E-state index contributed by atoms with van der Waals surface area (Å²) in [6.07, 6.45) is 19.1. The Balaban J connectivity index is 1.50. The summed E-state index contributed by atoms with van der Waals surface area (Å²) < 4.78 is 0. The number of unbranched alkanes of at least 4 members (excludes halogenated alkanes) is 13. The number of ketones is 2. The van der Waals surface area contributed by atoms with Crippen molar-refractivity contribution < 1.29 is 9.59 Å². The molecule has 0 bridgehead atoms. The molecule has 0 aliphatic rings. The molecule has 32 heavy (non-hydrogen) atoms. The first-order valence-electron chi connectivity index (χ1n) is 13.0. The Kier molecular flexibility index (Phi) is 13.4. The first-order valence-corrected chi connectivity index (χ1v) is 13.0. The fourth-order valence-electron chi connectivity index (χ4n) is 4.19. The van der Waals surface area contributed by atoms with Crippen molar-refractivity contribution in [3.05, 3.63) is 71.3 Å². The minimum Gasteiger partial charge on any atom is -0.294 e. The normalized spacial score (nSPS) is 10.9. The molecule has 0 saturated heterocycles. The van der Waals surface area contributed by atoms with E-state index in [1.54, 1.807) is 24.3 Å². The molecule has 174 valence electrons. The average Bonchev–Trinajstić information content (AvgIpc) is 2.84. The van der Waals surface area contributed by atoms with Crippen LogP contribution in [0.15, 0.2) is 54.6 Å². The zero-order valence-electron chi connectivity index (χ0n) is 20.1.